The van der Waals surface area contributed by atoms with Crippen molar-refractivity contribution in [1.82, 2.24) is 10.6 Å². The molecule has 0 unspecified atom stereocenters. The molecule has 0 fully saturated rings. The monoisotopic (exact) mass is 451 g/mol. The van der Waals surface area contributed by atoms with Gasteiger partial charge in [-0.15, -0.1) is 0 Å². The Balaban J connectivity index is 2.37. The molecule has 0 aliphatic carbocycles. The Kier molecular flexibility index (Phi) is 13.7. The molecule has 2 amide bonds. The molecule has 0 radical (unpaired) electrons. The number of carbonyl (C=O) groups excluding carboxylic acids is 4. The molecule has 10 nitrogen and oxygen atoms in total. The Morgan fingerprint density at radius 1 is 0.875 bits per heavy atom. The molecule has 0 saturated carbocycles. The van der Waals surface area contributed by atoms with E-state index in [0.717, 1.165) is 5.56 Å². The number of hydrogen-bond acceptors (Lipinski definition) is 8. The Bertz CT molecular complexity index is 738. The first-order valence-corrected chi connectivity index (χ1v) is 10.5. The maximum absolute atomic E-state index is 12.5. The molecule has 0 saturated heterocycles. The molecule has 1 rings (SSSR count). The fraction of sp³-hybridized carbons (Fsp3) is 0.545. The van der Waals surface area contributed by atoms with E-state index in [4.69, 9.17) is 19.9 Å². The lowest BCUT2D eigenvalue weighted by Gasteiger charge is -2.18. The van der Waals surface area contributed by atoms with Crippen LogP contribution in [0.4, 0.5) is 0 Å². The van der Waals surface area contributed by atoms with Gasteiger partial charge in [0.2, 0.25) is 17.6 Å². The fourth-order valence-corrected chi connectivity index (χ4v) is 2.68. The van der Waals surface area contributed by atoms with Crippen molar-refractivity contribution in [1.29, 1.82) is 0 Å². The molecule has 0 aromatic heterocycles. The van der Waals surface area contributed by atoms with Crippen LogP contribution in [0.3, 0.4) is 0 Å². The van der Waals surface area contributed by atoms with Crippen molar-refractivity contribution in [2.75, 3.05) is 52.7 Å². The number of hydrogen-bond donors (Lipinski definition) is 3. The molecule has 32 heavy (non-hydrogen) atoms. The van der Waals surface area contributed by atoms with Crippen molar-refractivity contribution in [3.8, 4) is 0 Å². The van der Waals surface area contributed by atoms with Gasteiger partial charge in [0.25, 0.3) is 0 Å². The lowest BCUT2D eigenvalue weighted by Crippen LogP contribution is -2.48. The second-order valence-corrected chi connectivity index (χ2v) is 6.96. The van der Waals surface area contributed by atoms with Gasteiger partial charge in [-0.3, -0.25) is 19.2 Å². The molecule has 0 aliphatic rings. The van der Waals surface area contributed by atoms with Crippen LogP contribution in [0, 0.1) is 0 Å². The number of ketones is 2. The number of nitrogens with one attached hydrogen (secondary N) is 2. The van der Waals surface area contributed by atoms with Crippen LogP contribution in [0.2, 0.25) is 0 Å². The fourth-order valence-electron chi connectivity index (χ4n) is 2.68. The molecule has 0 heterocycles. The molecular weight excluding hydrogens is 418 g/mol. The van der Waals surface area contributed by atoms with Crippen LogP contribution < -0.4 is 16.4 Å². The summed E-state index contributed by atoms with van der Waals surface area (Å²) >= 11 is 0. The van der Waals surface area contributed by atoms with E-state index in [2.05, 4.69) is 10.6 Å². The van der Waals surface area contributed by atoms with E-state index in [9.17, 15) is 19.2 Å². The molecule has 0 bridgehead atoms. The minimum absolute atomic E-state index is 0.237. The smallest absolute Gasteiger partial charge is 0.243 e. The van der Waals surface area contributed by atoms with Gasteiger partial charge in [0, 0.05) is 38.9 Å². The Morgan fingerprint density at radius 3 is 1.97 bits per heavy atom. The third kappa shape index (κ3) is 11.7. The van der Waals surface area contributed by atoms with Crippen molar-refractivity contribution >= 4 is 23.4 Å². The van der Waals surface area contributed by atoms with Crippen molar-refractivity contribution in [3.05, 3.63) is 35.4 Å². The quantitative estimate of drug-likeness (QED) is 0.165. The summed E-state index contributed by atoms with van der Waals surface area (Å²) in [4.78, 5) is 46.9. The van der Waals surface area contributed by atoms with E-state index < -0.39 is 17.6 Å². The summed E-state index contributed by atoms with van der Waals surface area (Å²) in [5.41, 5.74) is 6.33. The van der Waals surface area contributed by atoms with Crippen molar-refractivity contribution in [3.63, 3.8) is 0 Å². The normalized spacial score (nSPS) is 11.6. The van der Waals surface area contributed by atoms with Crippen molar-refractivity contribution < 1.29 is 33.4 Å². The summed E-state index contributed by atoms with van der Waals surface area (Å²) in [5, 5.41) is 5.35. The van der Waals surface area contributed by atoms with Gasteiger partial charge < -0.3 is 30.6 Å². The number of nitrogens with two attached hydrogens (primary N) is 1. The first-order valence-electron chi connectivity index (χ1n) is 10.5. The number of ether oxygens (including phenoxy) is 3. The summed E-state index contributed by atoms with van der Waals surface area (Å²) in [5.74, 6) is -1.80. The van der Waals surface area contributed by atoms with Crippen molar-refractivity contribution in [2.24, 2.45) is 5.73 Å². The third-order valence-corrected chi connectivity index (χ3v) is 4.22. The van der Waals surface area contributed by atoms with E-state index >= 15 is 0 Å². The van der Waals surface area contributed by atoms with Gasteiger partial charge >= 0.3 is 0 Å². The highest BCUT2D eigenvalue weighted by Crippen LogP contribution is 2.09. The topological polar surface area (TPSA) is 146 Å². The predicted octanol–water partition coefficient (Wildman–Crippen LogP) is -0.370. The van der Waals surface area contributed by atoms with E-state index in [-0.39, 0.29) is 30.3 Å². The predicted molar refractivity (Wildman–Crippen MR) is 117 cm³/mol. The first kappa shape index (κ1) is 27.4. The molecular formula is C22H33N3O7. The average Bonchev–Trinajstić information content (AvgIpc) is 2.76. The maximum atomic E-state index is 12.5. The van der Waals surface area contributed by atoms with Crippen LogP contribution in [0.1, 0.15) is 29.8 Å². The Morgan fingerprint density at radius 2 is 1.44 bits per heavy atom. The SMILES string of the molecule is CC(=O)N[C@@H](Cc1ccc(C(=O)C(C)=O)cc1)C(=O)NCCOCCOCCOCCN. The van der Waals surface area contributed by atoms with Crippen LogP contribution in [0.15, 0.2) is 24.3 Å². The van der Waals surface area contributed by atoms with Gasteiger partial charge in [0.15, 0.2) is 5.78 Å². The highest BCUT2D eigenvalue weighted by molar-refractivity contribution is 6.42. The Hall–Kier alpha value is -2.66. The Labute approximate surface area is 188 Å². The number of amides is 2. The van der Waals surface area contributed by atoms with E-state index in [1.165, 1.54) is 26.0 Å². The van der Waals surface area contributed by atoms with E-state index in [1.807, 2.05) is 0 Å². The summed E-state index contributed by atoms with van der Waals surface area (Å²) in [6, 6.07) is 5.59. The standard InChI is InChI=1S/C22H33N3O7/c1-16(26)21(28)19-5-3-18(4-6-19)15-20(25-17(2)27)22(29)24-8-10-31-12-14-32-13-11-30-9-7-23/h3-6,20H,7-15,23H2,1-2H3,(H,24,29)(H,25,27)/t20-/m0/s1. The van der Waals surface area contributed by atoms with Gasteiger partial charge in [0.1, 0.15) is 6.04 Å². The zero-order valence-corrected chi connectivity index (χ0v) is 18.7. The first-order chi connectivity index (χ1) is 15.3. The summed E-state index contributed by atoms with van der Waals surface area (Å²) in [6.07, 6.45) is 0.237. The molecule has 178 valence electrons. The van der Waals surface area contributed by atoms with Crippen LogP contribution in [0.5, 0.6) is 0 Å². The van der Waals surface area contributed by atoms with Crippen molar-refractivity contribution in [2.45, 2.75) is 26.3 Å². The van der Waals surface area contributed by atoms with Gasteiger partial charge in [0.05, 0.1) is 39.6 Å². The third-order valence-electron chi connectivity index (χ3n) is 4.22. The van der Waals surface area contributed by atoms with Crippen LogP contribution in [-0.2, 0) is 35.0 Å². The van der Waals surface area contributed by atoms with Crippen LogP contribution in [-0.4, -0.2) is 82.2 Å². The highest BCUT2D eigenvalue weighted by Gasteiger charge is 2.20. The summed E-state index contributed by atoms with van der Waals surface area (Å²) in [7, 11) is 0. The molecule has 10 heteroatoms. The second kappa shape index (κ2) is 16.0. The summed E-state index contributed by atoms with van der Waals surface area (Å²) in [6.45, 7) is 5.84. The van der Waals surface area contributed by atoms with Crippen LogP contribution in [0.25, 0.3) is 0 Å². The largest absolute Gasteiger partial charge is 0.378 e. The van der Waals surface area contributed by atoms with Gasteiger partial charge in [-0.1, -0.05) is 24.3 Å². The molecule has 0 aliphatic heterocycles. The summed E-state index contributed by atoms with van der Waals surface area (Å²) < 4.78 is 15.9. The highest BCUT2D eigenvalue weighted by atomic mass is 16.5. The minimum Gasteiger partial charge on any atom is -0.378 e. The number of rotatable bonds is 17. The molecule has 1 atom stereocenters. The molecule has 1 aromatic rings. The minimum atomic E-state index is -0.779. The molecule has 0 spiro atoms. The van der Waals surface area contributed by atoms with Gasteiger partial charge in [-0.2, -0.15) is 0 Å². The van der Waals surface area contributed by atoms with Gasteiger partial charge in [-0.25, -0.2) is 0 Å². The zero-order chi connectivity index (χ0) is 23.8. The zero-order valence-electron chi connectivity index (χ0n) is 18.7. The number of benzene rings is 1. The van der Waals surface area contributed by atoms with Crippen LogP contribution >= 0.6 is 0 Å². The van der Waals surface area contributed by atoms with E-state index in [0.29, 0.717) is 46.2 Å². The molecule has 4 N–H and O–H groups in total. The lowest BCUT2D eigenvalue weighted by molar-refractivity contribution is -0.128. The maximum Gasteiger partial charge on any atom is 0.243 e. The molecule has 1 aromatic carbocycles. The van der Waals surface area contributed by atoms with E-state index in [1.54, 1.807) is 12.1 Å². The number of carbonyl (C=O) groups is 4. The second-order valence-electron chi connectivity index (χ2n) is 6.96. The average molecular weight is 452 g/mol. The number of Topliss-reactive ketones (excluding diaryl/α,β-unsaturated/α-hetero) is 2. The lowest BCUT2D eigenvalue weighted by atomic mass is 10.0. The van der Waals surface area contributed by atoms with Gasteiger partial charge in [-0.05, 0) is 5.56 Å².